The highest BCUT2D eigenvalue weighted by molar-refractivity contribution is 9.10. The topological polar surface area (TPSA) is 104 Å². The van der Waals surface area contributed by atoms with Crippen LogP contribution < -0.4 is 10.1 Å². The number of pyridine rings is 1. The minimum Gasteiger partial charge on any atom is -0.479 e. The molecule has 0 spiro atoms. The molecule has 3 rings (SSSR count). The first kappa shape index (κ1) is 23.4. The molecule has 1 amide bonds. The highest BCUT2D eigenvalue weighted by Gasteiger charge is 2.25. The molecule has 0 saturated heterocycles. The molecule has 8 nitrogen and oxygen atoms in total. The van der Waals surface area contributed by atoms with Crippen molar-refractivity contribution in [1.29, 1.82) is 0 Å². The summed E-state index contributed by atoms with van der Waals surface area (Å²) in [7, 11) is 1.26. The van der Waals surface area contributed by atoms with Crippen LogP contribution in [-0.4, -0.2) is 43.2 Å². The third-order valence-corrected chi connectivity index (χ3v) is 6.35. The van der Waals surface area contributed by atoms with Crippen LogP contribution in [0.1, 0.15) is 27.0 Å². The zero-order valence-corrected chi connectivity index (χ0v) is 19.6. The van der Waals surface area contributed by atoms with Crippen LogP contribution in [0.2, 0.25) is 0 Å². The summed E-state index contributed by atoms with van der Waals surface area (Å²) in [6.07, 6.45) is 3.07. The summed E-state index contributed by atoms with van der Waals surface area (Å²) < 4.78 is 15.8. The zero-order chi connectivity index (χ0) is 23.1. The molecule has 3 aromatic rings. The molecule has 0 aliphatic rings. The van der Waals surface area contributed by atoms with Crippen molar-refractivity contribution in [3.8, 4) is 16.2 Å². The van der Waals surface area contributed by atoms with Crippen LogP contribution in [0.4, 0.5) is 5.69 Å². The maximum Gasteiger partial charge on any atom is 0.351 e. The zero-order valence-electron chi connectivity index (χ0n) is 17.2. The largest absolute Gasteiger partial charge is 0.479 e. The van der Waals surface area contributed by atoms with E-state index >= 15 is 0 Å². The van der Waals surface area contributed by atoms with E-state index in [4.69, 9.17) is 14.2 Å². The fourth-order valence-electron chi connectivity index (χ4n) is 2.71. The Morgan fingerprint density at radius 3 is 2.69 bits per heavy atom. The van der Waals surface area contributed by atoms with E-state index in [2.05, 4.69) is 26.2 Å². The van der Waals surface area contributed by atoms with Gasteiger partial charge in [-0.05, 0) is 52.7 Å². The van der Waals surface area contributed by atoms with Gasteiger partial charge in [0.25, 0.3) is 5.91 Å². The summed E-state index contributed by atoms with van der Waals surface area (Å²) in [5, 5.41) is 2.82. The molecule has 0 radical (unpaired) electrons. The molecule has 0 bridgehead atoms. The number of ether oxygens (including phenoxy) is 3. The van der Waals surface area contributed by atoms with Gasteiger partial charge in [0.2, 0.25) is 0 Å². The molecular formula is C22H19BrN2O6S. The first-order valence-corrected chi connectivity index (χ1v) is 11.1. The molecule has 0 unspecified atom stereocenters. The molecule has 32 heavy (non-hydrogen) atoms. The van der Waals surface area contributed by atoms with Gasteiger partial charge in [-0.2, -0.15) is 0 Å². The van der Waals surface area contributed by atoms with Crippen molar-refractivity contribution in [2.75, 3.05) is 25.6 Å². The molecule has 1 N–H and O–H groups in total. The fraction of sp³-hybridized carbons (Fsp3) is 0.182. The number of halogens is 1. The second kappa shape index (κ2) is 10.9. The summed E-state index contributed by atoms with van der Waals surface area (Å²) in [4.78, 5) is 41.2. The molecule has 10 heteroatoms. The van der Waals surface area contributed by atoms with Crippen molar-refractivity contribution < 1.29 is 28.6 Å². The molecule has 2 aromatic heterocycles. The second-order valence-electron chi connectivity index (χ2n) is 6.27. The lowest BCUT2D eigenvalue weighted by Crippen LogP contribution is -2.15. The van der Waals surface area contributed by atoms with Crippen LogP contribution in [0.5, 0.6) is 5.75 Å². The van der Waals surface area contributed by atoms with Gasteiger partial charge in [0.15, 0.2) is 17.2 Å². The van der Waals surface area contributed by atoms with Gasteiger partial charge in [-0.15, -0.1) is 11.3 Å². The van der Waals surface area contributed by atoms with Gasteiger partial charge in [0.05, 0.1) is 28.6 Å². The number of esters is 2. The minimum atomic E-state index is -0.596. The van der Waals surface area contributed by atoms with E-state index in [0.29, 0.717) is 20.6 Å². The number of hydrogen-bond donors (Lipinski definition) is 1. The van der Waals surface area contributed by atoms with Crippen molar-refractivity contribution in [1.82, 2.24) is 4.98 Å². The van der Waals surface area contributed by atoms with Gasteiger partial charge in [-0.3, -0.25) is 9.78 Å². The number of anilines is 1. The number of methoxy groups -OCH3 is 1. The predicted molar refractivity (Wildman–Crippen MR) is 123 cm³/mol. The molecule has 166 valence electrons. The van der Waals surface area contributed by atoms with E-state index < -0.39 is 11.9 Å². The number of nitrogens with one attached hydrogen (secondary N) is 1. The number of hydrogen-bond acceptors (Lipinski definition) is 8. The average Bonchev–Trinajstić information content (AvgIpc) is 3.14. The van der Waals surface area contributed by atoms with Crippen molar-refractivity contribution in [3.63, 3.8) is 0 Å². The smallest absolute Gasteiger partial charge is 0.351 e. The predicted octanol–water partition coefficient (Wildman–Crippen LogP) is 4.55. The Morgan fingerprint density at radius 1 is 1.19 bits per heavy atom. The average molecular weight is 519 g/mol. The van der Waals surface area contributed by atoms with Crippen LogP contribution >= 0.6 is 27.3 Å². The lowest BCUT2D eigenvalue weighted by atomic mass is 10.1. The Balaban J connectivity index is 1.90. The number of nitrogens with zero attached hydrogens (tertiary/aromatic N) is 1. The number of carbonyl (C=O) groups is 3. The van der Waals surface area contributed by atoms with Gasteiger partial charge in [-0.25, -0.2) is 9.59 Å². The first-order chi connectivity index (χ1) is 15.4. The van der Waals surface area contributed by atoms with E-state index in [9.17, 15) is 14.4 Å². The molecule has 2 heterocycles. The van der Waals surface area contributed by atoms with Crippen LogP contribution in [0.15, 0.2) is 53.3 Å². The second-order valence-corrected chi connectivity index (χ2v) is 8.08. The maximum atomic E-state index is 12.4. The SMILES string of the molecule is CCOC(=O)COc1c(C(=O)OC)sc(-c2cccc(NC(=O)c3cccnc3)c2)c1Br. The number of carbonyl (C=O) groups excluding carboxylic acids is 3. The summed E-state index contributed by atoms with van der Waals surface area (Å²) in [6, 6.07) is 10.5. The van der Waals surface area contributed by atoms with Crippen molar-refractivity contribution >= 4 is 50.8 Å². The molecule has 0 aliphatic carbocycles. The monoisotopic (exact) mass is 518 g/mol. The number of rotatable bonds is 8. The summed E-state index contributed by atoms with van der Waals surface area (Å²) in [5.74, 6) is -1.26. The number of benzene rings is 1. The maximum absolute atomic E-state index is 12.4. The molecule has 0 saturated carbocycles. The third kappa shape index (κ3) is 5.51. The minimum absolute atomic E-state index is 0.190. The van der Waals surface area contributed by atoms with Crippen LogP contribution in [0, 0.1) is 0 Å². The Kier molecular flexibility index (Phi) is 7.96. The summed E-state index contributed by atoms with van der Waals surface area (Å²) in [5.41, 5.74) is 1.71. The van der Waals surface area contributed by atoms with Crippen LogP contribution in [0.3, 0.4) is 0 Å². The van der Waals surface area contributed by atoms with Crippen LogP contribution in [-0.2, 0) is 14.3 Å². The lowest BCUT2D eigenvalue weighted by Gasteiger charge is -2.08. The third-order valence-electron chi connectivity index (χ3n) is 4.13. The van der Waals surface area contributed by atoms with Gasteiger partial charge in [0.1, 0.15) is 0 Å². The van der Waals surface area contributed by atoms with Crippen molar-refractivity contribution in [3.05, 3.63) is 63.7 Å². The number of aromatic nitrogens is 1. The molecule has 1 aromatic carbocycles. The number of thiophene rings is 1. The molecule has 0 atom stereocenters. The van der Waals surface area contributed by atoms with E-state index in [0.717, 1.165) is 16.9 Å². The normalized spacial score (nSPS) is 10.3. The van der Waals surface area contributed by atoms with Crippen molar-refractivity contribution in [2.24, 2.45) is 0 Å². The Labute approximate surface area is 196 Å². The van der Waals surface area contributed by atoms with E-state index in [1.807, 2.05) is 6.07 Å². The Morgan fingerprint density at radius 2 is 2.00 bits per heavy atom. The summed E-state index contributed by atoms with van der Waals surface area (Å²) in [6.45, 7) is 1.56. The highest BCUT2D eigenvalue weighted by atomic mass is 79.9. The molecular weight excluding hydrogens is 500 g/mol. The Bertz CT molecular complexity index is 1130. The van der Waals surface area contributed by atoms with Gasteiger partial charge in [-0.1, -0.05) is 12.1 Å². The van der Waals surface area contributed by atoms with E-state index in [-0.39, 0.29) is 29.7 Å². The van der Waals surface area contributed by atoms with Gasteiger partial charge >= 0.3 is 11.9 Å². The van der Waals surface area contributed by atoms with Gasteiger partial charge in [0, 0.05) is 18.1 Å². The lowest BCUT2D eigenvalue weighted by molar-refractivity contribution is -0.145. The number of amides is 1. The highest BCUT2D eigenvalue weighted by Crippen LogP contribution is 2.46. The Hall–Kier alpha value is -3.24. The molecule has 0 fully saturated rings. The molecule has 0 aliphatic heterocycles. The van der Waals surface area contributed by atoms with Crippen LogP contribution in [0.25, 0.3) is 10.4 Å². The quantitative estimate of drug-likeness (QED) is 0.436. The fourth-order valence-corrected chi connectivity index (χ4v) is 4.68. The van der Waals surface area contributed by atoms with Crippen molar-refractivity contribution in [2.45, 2.75) is 6.92 Å². The first-order valence-electron chi connectivity index (χ1n) is 9.45. The van der Waals surface area contributed by atoms with E-state index in [1.165, 1.54) is 13.3 Å². The summed E-state index contributed by atoms with van der Waals surface area (Å²) >= 11 is 4.61. The van der Waals surface area contributed by atoms with Gasteiger partial charge < -0.3 is 19.5 Å². The van der Waals surface area contributed by atoms with E-state index in [1.54, 1.807) is 43.5 Å². The standard InChI is InChI=1S/C22H19BrN2O6S/c1-3-30-16(26)12-31-18-17(23)19(32-20(18)22(28)29-2)13-6-4-8-15(10-13)25-21(27)14-7-5-9-24-11-14/h4-11H,3,12H2,1-2H3,(H,25,27).